The molecule has 10 N–H and O–H groups in total. The van der Waals surface area contributed by atoms with Crippen molar-refractivity contribution in [2.45, 2.75) is 158 Å². The largest absolute Gasteiger partial charge is 0.506 e. The Kier molecular flexibility index (Phi) is 10.8. The summed E-state index contributed by atoms with van der Waals surface area (Å²) in [5.41, 5.74) is -7.41. The zero-order valence-corrected chi connectivity index (χ0v) is 33.9. The second-order valence-electron chi connectivity index (χ2n) is 17.2. The Morgan fingerprint density at radius 1 is 0.983 bits per heavy atom. The molecular formula is C40H54O19. The van der Waals surface area contributed by atoms with E-state index in [0.717, 1.165) is 6.92 Å². The summed E-state index contributed by atoms with van der Waals surface area (Å²) < 4.78 is 42.8. The van der Waals surface area contributed by atoms with Gasteiger partial charge in [-0.2, -0.15) is 0 Å². The van der Waals surface area contributed by atoms with Crippen LogP contribution in [0.4, 0.5) is 0 Å². The summed E-state index contributed by atoms with van der Waals surface area (Å²) in [6.45, 7) is 8.40. The first-order valence-electron chi connectivity index (χ1n) is 19.5. The summed E-state index contributed by atoms with van der Waals surface area (Å²) in [6.07, 6.45) is -16.1. The standard InChI is InChI=1S/C40H54O19/c1-14(2)39(52)38(51,13-41)40(57-23-12-37(50,18(6)42)34(48)17(5)55-23)35(59-39)30(46)24-15(3)9-19-25(32(24)58-40)29(45)27-26(31(19)53-8)21(10-20(43)28(27)44)56-22-11-36(7,49)33(47)16(4)54-22/h9,14,16-17,20-23,30,33-35,41,43,45-52H,10-13H2,1-8H3/t16-,17-,20-,21-,22+,23-,30-,33+,34+,35-,36+,37-,38+,39-,40+/m0/s1. The number of fused-ring (bicyclic) bond motifs is 5. The van der Waals surface area contributed by atoms with Gasteiger partial charge in [0, 0.05) is 41.7 Å². The van der Waals surface area contributed by atoms with Gasteiger partial charge in [-0.15, -0.1) is 0 Å². The molecule has 19 heteroatoms. The number of carbonyl (C=O) groups excluding carboxylic acids is 2. The van der Waals surface area contributed by atoms with Crippen molar-refractivity contribution in [2.24, 2.45) is 5.92 Å². The fourth-order valence-electron chi connectivity index (χ4n) is 9.62. The number of phenols is 1. The van der Waals surface area contributed by atoms with Gasteiger partial charge in [-0.05, 0) is 46.2 Å². The van der Waals surface area contributed by atoms with Crippen LogP contribution in [0, 0.1) is 12.8 Å². The first kappa shape index (κ1) is 44.0. The molecule has 5 aliphatic rings. The molecule has 0 amide bonds. The van der Waals surface area contributed by atoms with Crippen molar-refractivity contribution >= 4 is 22.3 Å². The van der Waals surface area contributed by atoms with E-state index >= 15 is 0 Å². The molecule has 0 unspecified atom stereocenters. The number of carbonyl (C=O) groups is 2. The van der Waals surface area contributed by atoms with Gasteiger partial charge in [0.15, 0.2) is 35.9 Å². The second-order valence-corrected chi connectivity index (χ2v) is 17.2. The normalized spacial score (nSPS) is 43.3. The van der Waals surface area contributed by atoms with Gasteiger partial charge in [-0.1, -0.05) is 13.8 Å². The summed E-state index contributed by atoms with van der Waals surface area (Å²) in [4.78, 5) is 26.6. The lowest BCUT2D eigenvalue weighted by Gasteiger charge is -2.51. The topological polar surface area (TPSA) is 301 Å². The molecule has 59 heavy (non-hydrogen) atoms. The van der Waals surface area contributed by atoms with Crippen molar-refractivity contribution < 1.29 is 93.8 Å². The zero-order chi connectivity index (χ0) is 43.7. The Morgan fingerprint density at radius 2 is 1.61 bits per heavy atom. The number of hydrogen-bond acceptors (Lipinski definition) is 19. The summed E-state index contributed by atoms with van der Waals surface area (Å²) in [5.74, 6) is -9.84. The lowest BCUT2D eigenvalue weighted by Crippen LogP contribution is -2.73. The Labute approximate surface area is 338 Å². The average Bonchev–Trinajstić information content (AvgIpc) is 3.35. The maximum absolute atomic E-state index is 13.9. The number of benzene rings is 2. The van der Waals surface area contributed by atoms with E-state index in [4.69, 9.17) is 33.2 Å². The molecule has 328 valence electrons. The number of Topliss-reactive ketones (excluding diaryl/α,β-unsaturated/α-hetero) is 2. The van der Waals surface area contributed by atoms with Gasteiger partial charge in [0.25, 0.3) is 5.79 Å². The Hall–Kier alpha value is -3.12. The minimum Gasteiger partial charge on any atom is -0.506 e. The van der Waals surface area contributed by atoms with Crippen LogP contribution in [0.2, 0.25) is 0 Å². The number of aliphatic hydroxyl groups excluding tert-OH is 5. The van der Waals surface area contributed by atoms with Gasteiger partial charge in [0.05, 0.1) is 48.6 Å². The van der Waals surface area contributed by atoms with Crippen LogP contribution in [0.25, 0.3) is 10.8 Å². The minimum atomic E-state index is -3.03. The van der Waals surface area contributed by atoms with Crippen molar-refractivity contribution in [1.82, 2.24) is 0 Å². The first-order valence-corrected chi connectivity index (χ1v) is 19.5. The second kappa shape index (κ2) is 14.5. The van der Waals surface area contributed by atoms with Crippen molar-refractivity contribution in [3.63, 3.8) is 0 Å². The lowest BCUT2D eigenvalue weighted by molar-refractivity contribution is -0.387. The highest BCUT2D eigenvalue weighted by Crippen LogP contribution is 2.62. The SMILES string of the molecule is COc1c2c(c(O)c3c4c(c(C)cc13)[C@H](O)[C@@H]1O[C@@](O)(C(C)C)[C@](O)(CO)[C@]1(O[C@H]1C[C@](O)(C(C)=O)[C@H](O)[C@H](C)O1)O4)C(=O)[C@@H](O)C[C@@H]2O[C@@H]1C[C@@](C)(O)[C@H](O)[C@H](C)O1. The number of aryl methyl sites for hydroxylation is 1. The molecule has 15 atom stereocenters. The van der Waals surface area contributed by atoms with Crippen LogP contribution in [0.3, 0.4) is 0 Å². The van der Waals surface area contributed by atoms with E-state index < -0.39 is 137 Å². The third-order valence-corrected chi connectivity index (χ3v) is 13.0. The number of aromatic hydroxyl groups is 1. The Bertz CT molecular complexity index is 2040. The van der Waals surface area contributed by atoms with Crippen LogP contribution < -0.4 is 9.47 Å². The highest BCUT2D eigenvalue weighted by atomic mass is 16.8. The van der Waals surface area contributed by atoms with Gasteiger partial charge in [0.1, 0.15) is 41.7 Å². The van der Waals surface area contributed by atoms with E-state index in [9.17, 15) is 60.7 Å². The van der Waals surface area contributed by atoms with E-state index in [0.29, 0.717) is 0 Å². The number of ether oxygens (including phenoxy) is 7. The molecule has 4 heterocycles. The van der Waals surface area contributed by atoms with Crippen molar-refractivity contribution in [1.29, 1.82) is 0 Å². The van der Waals surface area contributed by atoms with Crippen LogP contribution in [0.5, 0.6) is 17.2 Å². The monoisotopic (exact) mass is 838 g/mol. The predicted molar refractivity (Wildman–Crippen MR) is 198 cm³/mol. The van der Waals surface area contributed by atoms with Crippen LogP contribution >= 0.6 is 0 Å². The molecule has 2 aromatic rings. The number of hydrogen-bond donors (Lipinski definition) is 10. The molecule has 0 bridgehead atoms. The van der Waals surface area contributed by atoms with E-state index in [1.54, 1.807) is 6.92 Å². The Morgan fingerprint density at radius 3 is 2.19 bits per heavy atom. The quantitative estimate of drug-likeness (QED) is 0.161. The highest BCUT2D eigenvalue weighted by Gasteiger charge is 2.81. The molecule has 19 nitrogen and oxygen atoms in total. The number of phenolic OH excluding ortho intramolecular Hbond substituents is 1. The molecule has 0 saturated carbocycles. The average molecular weight is 839 g/mol. The fourth-order valence-corrected chi connectivity index (χ4v) is 9.62. The third kappa shape index (κ3) is 6.08. The van der Waals surface area contributed by atoms with Gasteiger partial charge in [0.2, 0.25) is 11.4 Å². The number of ketones is 2. The molecule has 2 aromatic carbocycles. The van der Waals surface area contributed by atoms with Gasteiger partial charge in [-0.25, -0.2) is 0 Å². The van der Waals surface area contributed by atoms with Gasteiger partial charge < -0.3 is 84.2 Å². The molecule has 7 rings (SSSR count). The van der Waals surface area contributed by atoms with Gasteiger partial charge in [-0.3, -0.25) is 9.59 Å². The summed E-state index contributed by atoms with van der Waals surface area (Å²) in [6, 6.07) is 1.50. The van der Waals surface area contributed by atoms with Gasteiger partial charge >= 0.3 is 0 Å². The van der Waals surface area contributed by atoms with Crippen molar-refractivity contribution in [2.75, 3.05) is 13.7 Å². The van der Waals surface area contributed by atoms with Crippen LogP contribution in [-0.2, 0) is 28.5 Å². The molecule has 4 aliphatic heterocycles. The third-order valence-electron chi connectivity index (χ3n) is 13.0. The summed E-state index contributed by atoms with van der Waals surface area (Å²) >= 11 is 0. The van der Waals surface area contributed by atoms with E-state index in [1.807, 2.05) is 0 Å². The maximum Gasteiger partial charge on any atom is 0.279 e. The molecule has 3 saturated heterocycles. The number of rotatable bonds is 8. The van der Waals surface area contributed by atoms with E-state index in [2.05, 4.69) is 0 Å². The zero-order valence-electron chi connectivity index (χ0n) is 33.9. The summed E-state index contributed by atoms with van der Waals surface area (Å²) in [7, 11) is 1.27. The number of methoxy groups -OCH3 is 1. The molecule has 3 fully saturated rings. The molecular weight excluding hydrogens is 784 g/mol. The van der Waals surface area contributed by atoms with Crippen LogP contribution in [0.15, 0.2) is 6.07 Å². The molecule has 0 radical (unpaired) electrons. The van der Waals surface area contributed by atoms with Crippen LogP contribution in [0.1, 0.15) is 100 Å². The highest BCUT2D eigenvalue weighted by molar-refractivity contribution is 6.13. The van der Waals surface area contributed by atoms with Crippen LogP contribution in [-0.4, -0.2) is 154 Å². The molecule has 1 aliphatic carbocycles. The van der Waals surface area contributed by atoms with Crippen molar-refractivity contribution in [3.8, 4) is 17.2 Å². The minimum absolute atomic E-state index is 0.00807. The smallest absolute Gasteiger partial charge is 0.279 e. The van der Waals surface area contributed by atoms with E-state index in [1.165, 1.54) is 47.8 Å². The first-order chi connectivity index (χ1) is 27.3. The lowest BCUT2D eigenvalue weighted by atomic mass is 9.76. The molecule has 0 aromatic heterocycles. The maximum atomic E-state index is 13.9. The number of aliphatic hydroxyl groups is 9. The molecule has 0 spiro atoms. The Balaban J connectivity index is 1.45. The fraction of sp³-hybridized carbons (Fsp3) is 0.700. The van der Waals surface area contributed by atoms with Crippen molar-refractivity contribution in [3.05, 3.63) is 28.3 Å². The predicted octanol–water partition coefficient (Wildman–Crippen LogP) is -0.464. The summed E-state index contributed by atoms with van der Waals surface area (Å²) in [5, 5.41) is 115. The van der Waals surface area contributed by atoms with E-state index in [-0.39, 0.29) is 46.1 Å².